The second kappa shape index (κ2) is 5.75. The van der Waals surface area contributed by atoms with E-state index in [0.29, 0.717) is 12.1 Å². The fourth-order valence-electron chi connectivity index (χ4n) is 2.18. The third-order valence-electron chi connectivity index (χ3n) is 3.19. The van der Waals surface area contributed by atoms with Crippen molar-refractivity contribution < 1.29 is 4.74 Å². The summed E-state index contributed by atoms with van der Waals surface area (Å²) in [5.41, 5.74) is 0. The smallest absolute Gasteiger partial charge is 0.0925 e. The molecule has 0 amide bonds. The Bertz CT molecular complexity index is 327. The molecule has 3 nitrogen and oxygen atoms in total. The van der Waals surface area contributed by atoms with Crippen LogP contribution in [0.15, 0.2) is 6.20 Å². The van der Waals surface area contributed by atoms with Gasteiger partial charge in [-0.1, -0.05) is 6.92 Å². The standard InChI is InChI=1S/C12H20N2OS/c1-3-12-14-8-11(16-12)7-13-9-4-5-10(6-9)15-2/h8-10,13H,3-7H2,1-2H3. The van der Waals surface area contributed by atoms with Gasteiger partial charge in [0.05, 0.1) is 11.1 Å². The SMILES string of the molecule is CCc1ncc(CNC2CCC(OC)C2)s1. The summed E-state index contributed by atoms with van der Waals surface area (Å²) in [5.74, 6) is 0. The fourth-order valence-corrected chi connectivity index (χ4v) is 2.99. The van der Waals surface area contributed by atoms with E-state index < -0.39 is 0 Å². The molecule has 0 saturated heterocycles. The average molecular weight is 240 g/mol. The van der Waals surface area contributed by atoms with Gasteiger partial charge in [-0.3, -0.25) is 0 Å². The normalized spacial score (nSPS) is 25.1. The number of rotatable bonds is 5. The molecule has 1 heterocycles. The summed E-state index contributed by atoms with van der Waals surface area (Å²) in [6.07, 6.45) is 7.08. The monoisotopic (exact) mass is 240 g/mol. The minimum Gasteiger partial charge on any atom is -0.381 e. The topological polar surface area (TPSA) is 34.2 Å². The second-order valence-electron chi connectivity index (χ2n) is 4.32. The second-order valence-corrected chi connectivity index (χ2v) is 5.52. The molecule has 1 aromatic heterocycles. The van der Waals surface area contributed by atoms with Gasteiger partial charge < -0.3 is 10.1 Å². The maximum Gasteiger partial charge on any atom is 0.0925 e. The van der Waals surface area contributed by atoms with E-state index in [1.165, 1.54) is 22.7 Å². The molecule has 2 unspecified atom stereocenters. The number of ether oxygens (including phenoxy) is 1. The molecule has 0 spiro atoms. The van der Waals surface area contributed by atoms with Gasteiger partial charge in [0.2, 0.25) is 0 Å². The van der Waals surface area contributed by atoms with Crippen LogP contribution >= 0.6 is 11.3 Å². The molecule has 0 radical (unpaired) electrons. The first-order chi connectivity index (χ1) is 7.81. The highest BCUT2D eigenvalue weighted by molar-refractivity contribution is 7.11. The zero-order valence-corrected chi connectivity index (χ0v) is 10.8. The van der Waals surface area contributed by atoms with Gasteiger partial charge in [-0.2, -0.15) is 0 Å². The van der Waals surface area contributed by atoms with Crippen molar-refractivity contribution in [2.75, 3.05) is 7.11 Å². The third-order valence-corrected chi connectivity index (χ3v) is 4.33. The van der Waals surface area contributed by atoms with Crippen molar-refractivity contribution in [1.82, 2.24) is 10.3 Å². The van der Waals surface area contributed by atoms with Gasteiger partial charge in [-0.25, -0.2) is 4.98 Å². The quantitative estimate of drug-likeness (QED) is 0.858. The molecule has 1 N–H and O–H groups in total. The van der Waals surface area contributed by atoms with Crippen LogP contribution in [0.5, 0.6) is 0 Å². The van der Waals surface area contributed by atoms with E-state index in [1.54, 1.807) is 0 Å². The average Bonchev–Trinajstić information content (AvgIpc) is 2.95. The Morgan fingerprint density at radius 3 is 3.06 bits per heavy atom. The minimum absolute atomic E-state index is 0.463. The van der Waals surface area contributed by atoms with E-state index in [1.807, 2.05) is 24.6 Å². The maximum absolute atomic E-state index is 5.37. The lowest BCUT2D eigenvalue weighted by Gasteiger charge is -2.11. The predicted molar refractivity (Wildman–Crippen MR) is 66.8 cm³/mol. The van der Waals surface area contributed by atoms with Crippen molar-refractivity contribution in [3.8, 4) is 0 Å². The summed E-state index contributed by atoms with van der Waals surface area (Å²) in [7, 11) is 1.81. The van der Waals surface area contributed by atoms with E-state index in [-0.39, 0.29) is 0 Å². The van der Waals surface area contributed by atoms with Gasteiger partial charge in [0.25, 0.3) is 0 Å². The number of hydrogen-bond donors (Lipinski definition) is 1. The lowest BCUT2D eigenvalue weighted by atomic mass is 10.2. The molecule has 1 aliphatic rings. The van der Waals surface area contributed by atoms with Crippen LogP contribution in [0.4, 0.5) is 0 Å². The van der Waals surface area contributed by atoms with E-state index in [2.05, 4.69) is 17.2 Å². The van der Waals surface area contributed by atoms with Crippen molar-refractivity contribution in [1.29, 1.82) is 0 Å². The fraction of sp³-hybridized carbons (Fsp3) is 0.750. The Balaban J connectivity index is 1.75. The number of hydrogen-bond acceptors (Lipinski definition) is 4. The number of thiazole rings is 1. The van der Waals surface area contributed by atoms with Crippen molar-refractivity contribution in [2.45, 2.75) is 51.3 Å². The zero-order valence-electron chi connectivity index (χ0n) is 10.0. The largest absolute Gasteiger partial charge is 0.381 e. The molecule has 2 atom stereocenters. The summed E-state index contributed by atoms with van der Waals surface area (Å²) >= 11 is 1.82. The number of nitrogens with one attached hydrogen (secondary N) is 1. The number of aryl methyl sites for hydroxylation is 1. The molecule has 1 fully saturated rings. The highest BCUT2D eigenvalue weighted by Crippen LogP contribution is 2.22. The van der Waals surface area contributed by atoms with Gasteiger partial charge >= 0.3 is 0 Å². The highest BCUT2D eigenvalue weighted by atomic mass is 32.1. The summed E-state index contributed by atoms with van der Waals surface area (Å²) in [6, 6.07) is 0.622. The van der Waals surface area contributed by atoms with E-state index >= 15 is 0 Å². The molecule has 1 saturated carbocycles. The first-order valence-electron chi connectivity index (χ1n) is 6.01. The summed E-state index contributed by atoms with van der Waals surface area (Å²) in [6.45, 7) is 3.11. The molecule has 90 valence electrons. The first kappa shape index (κ1) is 12.0. The first-order valence-corrected chi connectivity index (χ1v) is 6.83. The molecular formula is C12H20N2OS. The molecular weight excluding hydrogens is 220 g/mol. The third kappa shape index (κ3) is 3.03. The Hall–Kier alpha value is -0.450. The highest BCUT2D eigenvalue weighted by Gasteiger charge is 2.23. The van der Waals surface area contributed by atoms with Crippen LogP contribution < -0.4 is 5.32 Å². The minimum atomic E-state index is 0.463. The van der Waals surface area contributed by atoms with Crippen LogP contribution in [-0.4, -0.2) is 24.2 Å². The zero-order chi connectivity index (χ0) is 11.4. The van der Waals surface area contributed by atoms with Crippen LogP contribution in [0.3, 0.4) is 0 Å². The van der Waals surface area contributed by atoms with Gasteiger partial charge in [0, 0.05) is 30.8 Å². The lowest BCUT2D eigenvalue weighted by Crippen LogP contribution is -2.26. The molecule has 1 aliphatic carbocycles. The van der Waals surface area contributed by atoms with Gasteiger partial charge in [-0.15, -0.1) is 11.3 Å². The lowest BCUT2D eigenvalue weighted by molar-refractivity contribution is 0.107. The summed E-state index contributed by atoms with van der Waals surface area (Å²) in [4.78, 5) is 5.71. The Labute approximate surface area is 101 Å². The number of methoxy groups -OCH3 is 1. The van der Waals surface area contributed by atoms with Crippen LogP contribution in [0.2, 0.25) is 0 Å². The molecule has 0 aliphatic heterocycles. The van der Waals surface area contributed by atoms with Crippen LogP contribution in [0, 0.1) is 0 Å². The van der Waals surface area contributed by atoms with Crippen LogP contribution in [-0.2, 0) is 17.7 Å². The van der Waals surface area contributed by atoms with Crippen molar-refractivity contribution in [2.24, 2.45) is 0 Å². The van der Waals surface area contributed by atoms with Gasteiger partial charge in [-0.05, 0) is 25.7 Å². The Kier molecular flexibility index (Phi) is 4.32. The molecule has 4 heteroatoms. The van der Waals surface area contributed by atoms with Gasteiger partial charge in [0.1, 0.15) is 0 Å². The predicted octanol–water partition coefficient (Wildman–Crippen LogP) is 2.36. The van der Waals surface area contributed by atoms with E-state index in [4.69, 9.17) is 4.74 Å². The maximum atomic E-state index is 5.37. The molecule has 0 bridgehead atoms. The summed E-state index contributed by atoms with van der Waals surface area (Å²) < 4.78 is 5.37. The van der Waals surface area contributed by atoms with Gasteiger partial charge in [0.15, 0.2) is 0 Å². The van der Waals surface area contributed by atoms with E-state index in [0.717, 1.165) is 19.4 Å². The Morgan fingerprint density at radius 1 is 1.56 bits per heavy atom. The van der Waals surface area contributed by atoms with Crippen molar-refractivity contribution >= 4 is 11.3 Å². The summed E-state index contributed by atoms with van der Waals surface area (Å²) in [5, 5.41) is 4.82. The Morgan fingerprint density at radius 2 is 2.44 bits per heavy atom. The molecule has 16 heavy (non-hydrogen) atoms. The number of nitrogens with zero attached hydrogens (tertiary/aromatic N) is 1. The van der Waals surface area contributed by atoms with E-state index in [9.17, 15) is 0 Å². The van der Waals surface area contributed by atoms with Crippen molar-refractivity contribution in [3.63, 3.8) is 0 Å². The molecule has 2 rings (SSSR count). The van der Waals surface area contributed by atoms with Crippen molar-refractivity contribution in [3.05, 3.63) is 16.1 Å². The number of aromatic nitrogens is 1. The molecule has 0 aromatic carbocycles. The van der Waals surface area contributed by atoms with Crippen LogP contribution in [0.25, 0.3) is 0 Å². The molecule has 1 aromatic rings. The van der Waals surface area contributed by atoms with Crippen LogP contribution in [0.1, 0.15) is 36.1 Å².